The number of hydrogen-bond donors (Lipinski definition) is 1. The molecule has 1 aromatic heterocycles. The van der Waals surface area contributed by atoms with Gasteiger partial charge in [-0.05, 0) is 59.1 Å². The van der Waals surface area contributed by atoms with E-state index in [4.69, 9.17) is 9.47 Å². The minimum Gasteiger partial charge on any atom is -0.438 e. The molecule has 0 bridgehead atoms. The number of morpholine rings is 1. The Kier molecular flexibility index (Phi) is 5.77. The summed E-state index contributed by atoms with van der Waals surface area (Å²) < 4.78 is 12.3. The van der Waals surface area contributed by atoms with Crippen LogP contribution in [0.4, 0.5) is 4.79 Å². The molecule has 9 heteroatoms. The molecule has 2 atom stereocenters. The van der Waals surface area contributed by atoms with Gasteiger partial charge in [0.2, 0.25) is 11.8 Å². The van der Waals surface area contributed by atoms with Crippen LogP contribution in [0.25, 0.3) is 0 Å². The number of nitrogens with one attached hydrogen (secondary N) is 1. The topological polar surface area (TPSA) is 84.0 Å². The van der Waals surface area contributed by atoms with Crippen molar-refractivity contribution in [1.29, 1.82) is 0 Å². The van der Waals surface area contributed by atoms with Crippen molar-refractivity contribution in [3.8, 4) is 11.6 Å². The molecule has 1 unspecified atom stereocenters. The normalized spacial score (nSPS) is 23.2. The van der Waals surface area contributed by atoms with Crippen LogP contribution in [0.3, 0.4) is 0 Å². The van der Waals surface area contributed by atoms with Crippen LogP contribution in [0.2, 0.25) is 0 Å². The second kappa shape index (κ2) is 8.71. The van der Waals surface area contributed by atoms with Crippen molar-refractivity contribution in [1.82, 2.24) is 20.1 Å². The fourth-order valence-corrected chi connectivity index (χ4v) is 4.73. The summed E-state index contributed by atoms with van der Waals surface area (Å²) in [4.78, 5) is 32.6. The zero-order chi connectivity index (χ0) is 22.2. The van der Waals surface area contributed by atoms with E-state index in [-0.39, 0.29) is 30.7 Å². The SMILES string of the molecule is Cc1ccc(Br)c(Oc2ccc(C3CN(C(=O)N4CCC5OCC(=O)N[C@@H]5C4)C3)cc2)n1. The number of amides is 3. The van der Waals surface area contributed by atoms with Gasteiger partial charge in [0.1, 0.15) is 12.4 Å². The van der Waals surface area contributed by atoms with Crippen LogP contribution < -0.4 is 10.1 Å². The molecule has 0 radical (unpaired) electrons. The lowest BCUT2D eigenvalue weighted by Gasteiger charge is -2.46. The number of fused-ring (bicyclic) bond motifs is 1. The Bertz CT molecular complexity index is 1030. The lowest BCUT2D eigenvalue weighted by molar-refractivity contribution is -0.139. The number of nitrogens with zero attached hydrogens (tertiary/aromatic N) is 3. The lowest BCUT2D eigenvalue weighted by Crippen LogP contribution is -2.63. The third kappa shape index (κ3) is 4.31. The highest BCUT2D eigenvalue weighted by atomic mass is 79.9. The highest BCUT2D eigenvalue weighted by molar-refractivity contribution is 9.10. The maximum absolute atomic E-state index is 12.9. The Balaban J connectivity index is 1.14. The number of ether oxygens (including phenoxy) is 2. The van der Waals surface area contributed by atoms with E-state index in [2.05, 4.69) is 26.2 Å². The second-order valence-corrected chi connectivity index (χ2v) is 9.41. The van der Waals surface area contributed by atoms with Crippen LogP contribution in [0, 0.1) is 6.92 Å². The van der Waals surface area contributed by atoms with E-state index in [0.717, 1.165) is 22.3 Å². The molecule has 8 nitrogen and oxygen atoms in total. The van der Waals surface area contributed by atoms with Gasteiger partial charge in [0, 0.05) is 37.8 Å². The number of piperidine rings is 1. The summed E-state index contributed by atoms with van der Waals surface area (Å²) in [5.74, 6) is 1.47. The van der Waals surface area contributed by atoms with E-state index in [1.54, 1.807) is 0 Å². The maximum atomic E-state index is 12.9. The molecule has 3 aliphatic rings. The molecule has 3 amide bonds. The predicted octanol–water partition coefficient (Wildman–Crippen LogP) is 3.05. The number of hydrogen-bond acceptors (Lipinski definition) is 5. The van der Waals surface area contributed by atoms with E-state index in [1.165, 1.54) is 5.56 Å². The van der Waals surface area contributed by atoms with Gasteiger partial charge >= 0.3 is 6.03 Å². The zero-order valence-electron chi connectivity index (χ0n) is 17.8. The first kappa shape index (κ1) is 21.2. The highest BCUT2D eigenvalue weighted by Crippen LogP contribution is 2.32. The Morgan fingerprint density at radius 2 is 1.94 bits per heavy atom. The van der Waals surface area contributed by atoms with Gasteiger partial charge in [-0.1, -0.05) is 12.1 Å². The predicted molar refractivity (Wildman–Crippen MR) is 121 cm³/mol. The number of rotatable bonds is 3. The number of halogens is 1. The minimum atomic E-state index is -0.110. The lowest BCUT2D eigenvalue weighted by atomic mass is 9.91. The quantitative estimate of drug-likeness (QED) is 0.699. The van der Waals surface area contributed by atoms with Gasteiger partial charge in [0.15, 0.2) is 0 Å². The van der Waals surface area contributed by atoms with Crippen LogP contribution >= 0.6 is 15.9 Å². The molecule has 1 N–H and O–H groups in total. The maximum Gasteiger partial charge on any atom is 0.320 e. The fraction of sp³-hybridized carbons (Fsp3) is 0.435. The first-order valence-corrected chi connectivity index (χ1v) is 11.6. The molecule has 32 heavy (non-hydrogen) atoms. The Labute approximate surface area is 195 Å². The van der Waals surface area contributed by atoms with E-state index < -0.39 is 0 Å². The Hall–Kier alpha value is -2.65. The number of carbonyl (C=O) groups is 2. The average molecular weight is 501 g/mol. The fourth-order valence-electron chi connectivity index (χ4n) is 4.43. The number of aryl methyl sites for hydroxylation is 1. The van der Waals surface area contributed by atoms with Crippen molar-refractivity contribution >= 4 is 27.9 Å². The molecular weight excluding hydrogens is 476 g/mol. The summed E-state index contributed by atoms with van der Waals surface area (Å²) in [6, 6.07) is 11.7. The average Bonchev–Trinajstić information content (AvgIpc) is 2.76. The van der Waals surface area contributed by atoms with E-state index >= 15 is 0 Å². The van der Waals surface area contributed by atoms with Gasteiger partial charge < -0.3 is 24.6 Å². The van der Waals surface area contributed by atoms with Crippen molar-refractivity contribution in [2.45, 2.75) is 31.4 Å². The molecule has 3 aliphatic heterocycles. The summed E-state index contributed by atoms with van der Waals surface area (Å²) in [7, 11) is 0. The Morgan fingerprint density at radius 1 is 1.16 bits per heavy atom. The third-order valence-corrected chi connectivity index (χ3v) is 6.87. The van der Waals surface area contributed by atoms with Gasteiger partial charge in [-0.25, -0.2) is 9.78 Å². The number of aromatic nitrogens is 1. The summed E-state index contributed by atoms with van der Waals surface area (Å²) >= 11 is 3.46. The monoisotopic (exact) mass is 500 g/mol. The van der Waals surface area contributed by atoms with Gasteiger partial charge in [-0.3, -0.25) is 4.79 Å². The number of urea groups is 1. The highest BCUT2D eigenvalue weighted by Gasteiger charge is 2.40. The van der Waals surface area contributed by atoms with Crippen LogP contribution in [0.1, 0.15) is 23.6 Å². The molecular formula is C23H25BrN4O4. The minimum absolute atomic E-state index is 0.0113. The summed E-state index contributed by atoms with van der Waals surface area (Å²) in [6.07, 6.45) is 0.763. The molecule has 0 aliphatic carbocycles. The van der Waals surface area contributed by atoms with E-state index in [1.807, 2.05) is 53.1 Å². The smallest absolute Gasteiger partial charge is 0.320 e. The van der Waals surface area contributed by atoms with Gasteiger partial charge in [-0.15, -0.1) is 0 Å². The van der Waals surface area contributed by atoms with Crippen LogP contribution in [0.5, 0.6) is 11.6 Å². The molecule has 1 aromatic carbocycles. The molecule has 4 heterocycles. The summed E-state index contributed by atoms with van der Waals surface area (Å²) in [6.45, 7) is 4.59. The molecule has 2 aromatic rings. The van der Waals surface area contributed by atoms with Crippen molar-refractivity contribution in [2.75, 3.05) is 32.8 Å². The molecule has 3 fully saturated rings. The van der Waals surface area contributed by atoms with Gasteiger partial charge in [0.25, 0.3) is 0 Å². The van der Waals surface area contributed by atoms with Crippen molar-refractivity contribution < 1.29 is 19.1 Å². The molecule has 168 valence electrons. The first-order chi connectivity index (χ1) is 15.5. The molecule has 5 rings (SSSR count). The van der Waals surface area contributed by atoms with Crippen molar-refractivity contribution in [3.63, 3.8) is 0 Å². The van der Waals surface area contributed by atoms with Crippen molar-refractivity contribution in [2.24, 2.45) is 0 Å². The van der Waals surface area contributed by atoms with Crippen LogP contribution in [-0.2, 0) is 9.53 Å². The Morgan fingerprint density at radius 3 is 2.72 bits per heavy atom. The zero-order valence-corrected chi connectivity index (χ0v) is 19.4. The number of carbonyl (C=O) groups excluding carboxylic acids is 2. The largest absolute Gasteiger partial charge is 0.438 e. The second-order valence-electron chi connectivity index (χ2n) is 8.55. The molecule has 0 spiro atoms. The molecule has 3 saturated heterocycles. The summed E-state index contributed by atoms with van der Waals surface area (Å²) in [5, 5.41) is 2.95. The van der Waals surface area contributed by atoms with E-state index in [0.29, 0.717) is 38.0 Å². The number of pyridine rings is 1. The summed E-state index contributed by atoms with van der Waals surface area (Å²) in [5.41, 5.74) is 2.07. The number of likely N-dealkylation sites (tertiary alicyclic amines) is 2. The van der Waals surface area contributed by atoms with E-state index in [9.17, 15) is 9.59 Å². The van der Waals surface area contributed by atoms with Gasteiger partial charge in [0.05, 0.1) is 16.6 Å². The number of benzene rings is 1. The third-order valence-electron chi connectivity index (χ3n) is 6.27. The first-order valence-electron chi connectivity index (χ1n) is 10.8. The standard InChI is InChI=1S/C23H25BrN4O4/c1-14-2-7-18(24)22(25-14)32-17-5-3-15(4-6-17)16-10-28(11-16)23(30)27-9-8-20-19(12-27)26-21(29)13-31-20/h2-7,16,19-20H,8-13H2,1H3,(H,26,29)/t19-,20?/m1/s1. The van der Waals surface area contributed by atoms with Crippen LogP contribution in [-0.4, -0.2) is 71.7 Å². The van der Waals surface area contributed by atoms with Crippen molar-refractivity contribution in [3.05, 3.63) is 52.1 Å². The van der Waals surface area contributed by atoms with Gasteiger partial charge in [-0.2, -0.15) is 0 Å². The molecule has 0 saturated carbocycles. The van der Waals surface area contributed by atoms with Crippen LogP contribution in [0.15, 0.2) is 40.9 Å².